The molecule has 2 aliphatic heterocycles. The van der Waals surface area contributed by atoms with Gasteiger partial charge in [-0.15, -0.1) is 0 Å². The molecule has 2 aliphatic rings. The van der Waals surface area contributed by atoms with E-state index in [0.717, 1.165) is 26.3 Å². The summed E-state index contributed by atoms with van der Waals surface area (Å²) in [5, 5.41) is 0. The fourth-order valence-electron chi connectivity index (χ4n) is 3.97. The van der Waals surface area contributed by atoms with Crippen LogP contribution in [0.1, 0.15) is 33.3 Å². The Morgan fingerprint density at radius 1 is 0.846 bits per heavy atom. The van der Waals surface area contributed by atoms with E-state index in [1.165, 1.54) is 14.0 Å². The summed E-state index contributed by atoms with van der Waals surface area (Å²) in [5.74, 6) is -2.33. The molecule has 5 atom stereocenters. The van der Waals surface area contributed by atoms with Gasteiger partial charge in [0.2, 0.25) is 12.4 Å². The quantitative estimate of drug-likeness (QED) is 0.305. The monoisotopic (exact) mass is 552 g/mol. The summed E-state index contributed by atoms with van der Waals surface area (Å²) >= 11 is 0. The highest BCUT2D eigenvalue weighted by Crippen LogP contribution is 2.35. The Kier molecular flexibility index (Phi) is 10.7. The van der Waals surface area contributed by atoms with E-state index >= 15 is 0 Å². The first-order chi connectivity index (χ1) is 18.6. The standard InChI is InChI=1S/C26H32O13/c1-14(27)34-13-21-23(35-15(2)28)24(36-16(3)29)25(37-17(4)30)26(39-21)38-19-8-6-18(12-20(19)31-5)7-9-22-32-10-11-33-22/h6-9,12,21-26H,10-11,13H2,1-5H3/b9-7-/t21-,23-,24+,25-,26-/m1/s1. The highest BCUT2D eigenvalue weighted by atomic mass is 16.7. The summed E-state index contributed by atoms with van der Waals surface area (Å²) in [6.07, 6.45) is -3.44. The molecule has 0 saturated carbocycles. The number of methoxy groups -OCH3 is 1. The van der Waals surface area contributed by atoms with Gasteiger partial charge in [-0.3, -0.25) is 19.2 Å². The van der Waals surface area contributed by atoms with Crippen LogP contribution in [0.15, 0.2) is 24.3 Å². The molecule has 0 bridgehead atoms. The molecule has 3 rings (SSSR count). The van der Waals surface area contributed by atoms with Crippen LogP contribution in [0.3, 0.4) is 0 Å². The van der Waals surface area contributed by atoms with Crippen LogP contribution in [0.5, 0.6) is 11.5 Å². The molecule has 39 heavy (non-hydrogen) atoms. The van der Waals surface area contributed by atoms with Gasteiger partial charge in [-0.25, -0.2) is 0 Å². The largest absolute Gasteiger partial charge is 0.493 e. The number of ether oxygens (including phenoxy) is 9. The van der Waals surface area contributed by atoms with Crippen LogP contribution < -0.4 is 9.47 Å². The van der Waals surface area contributed by atoms with Crippen molar-refractivity contribution in [2.45, 2.75) is 64.7 Å². The molecule has 214 valence electrons. The predicted molar refractivity (Wildman–Crippen MR) is 130 cm³/mol. The lowest BCUT2D eigenvalue weighted by Crippen LogP contribution is -2.63. The van der Waals surface area contributed by atoms with Gasteiger partial charge in [0.1, 0.15) is 12.7 Å². The molecule has 2 saturated heterocycles. The molecule has 0 amide bonds. The minimum absolute atomic E-state index is 0.198. The number of hydrogen-bond donors (Lipinski definition) is 0. The molecular formula is C26H32O13. The van der Waals surface area contributed by atoms with Crippen molar-refractivity contribution in [1.82, 2.24) is 0 Å². The normalized spacial score (nSPS) is 25.1. The van der Waals surface area contributed by atoms with Crippen LogP contribution in [0.25, 0.3) is 6.08 Å². The maximum Gasteiger partial charge on any atom is 0.303 e. The highest BCUT2D eigenvalue weighted by molar-refractivity contribution is 5.68. The van der Waals surface area contributed by atoms with E-state index in [0.29, 0.717) is 19.0 Å². The minimum atomic E-state index is -1.39. The lowest BCUT2D eigenvalue weighted by atomic mass is 9.98. The Bertz CT molecular complexity index is 1060. The second-order valence-corrected chi connectivity index (χ2v) is 8.56. The van der Waals surface area contributed by atoms with E-state index in [-0.39, 0.29) is 12.4 Å². The zero-order valence-electron chi connectivity index (χ0n) is 22.3. The third-order valence-corrected chi connectivity index (χ3v) is 5.47. The number of rotatable bonds is 10. The van der Waals surface area contributed by atoms with Crippen LogP contribution in [-0.4, -0.2) is 87.8 Å². The number of carbonyl (C=O) groups is 4. The second kappa shape index (κ2) is 13.9. The minimum Gasteiger partial charge on any atom is -0.493 e. The summed E-state index contributed by atoms with van der Waals surface area (Å²) in [6, 6.07) is 5.02. The average Bonchev–Trinajstić information content (AvgIpc) is 3.38. The first-order valence-corrected chi connectivity index (χ1v) is 12.1. The van der Waals surface area contributed by atoms with E-state index in [1.54, 1.807) is 30.4 Å². The first kappa shape index (κ1) is 29.9. The molecule has 0 aliphatic carbocycles. The number of benzene rings is 1. The molecule has 0 spiro atoms. The third kappa shape index (κ3) is 8.67. The Balaban J connectivity index is 1.93. The van der Waals surface area contributed by atoms with Gasteiger partial charge in [0.05, 0.1) is 20.3 Å². The van der Waals surface area contributed by atoms with E-state index in [2.05, 4.69) is 0 Å². The molecule has 0 unspecified atom stereocenters. The van der Waals surface area contributed by atoms with Gasteiger partial charge in [-0.1, -0.05) is 12.1 Å². The topological polar surface area (TPSA) is 151 Å². The molecule has 13 heteroatoms. The maximum absolute atomic E-state index is 12.0. The first-order valence-electron chi connectivity index (χ1n) is 12.1. The van der Waals surface area contributed by atoms with Gasteiger partial charge in [0, 0.05) is 27.7 Å². The second-order valence-electron chi connectivity index (χ2n) is 8.56. The molecule has 0 radical (unpaired) electrons. The Morgan fingerprint density at radius 3 is 2.05 bits per heavy atom. The summed E-state index contributed by atoms with van der Waals surface area (Å²) in [7, 11) is 1.44. The van der Waals surface area contributed by atoms with E-state index in [4.69, 9.17) is 42.6 Å². The van der Waals surface area contributed by atoms with Crippen molar-refractivity contribution in [3.8, 4) is 11.5 Å². The van der Waals surface area contributed by atoms with Crippen LogP contribution in [0, 0.1) is 0 Å². The summed E-state index contributed by atoms with van der Waals surface area (Å²) in [6.45, 7) is 5.27. The molecule has 1 aromatic rings. The number of hydrogen-bond acceptors (Lipinski definition) is 13. The highest BCUT2D eigenvalue weighted by Gasteiger charge is 2.53. The van der Waals surface area contributed by atoms with Gasteiger partial charge in [0.25, 0.3) is 0 Å². The fourth-order valence-corrected chi connectivity index (χ4v) is 3.97. The van der Waals surface area contributed by atoms with Crippen molar-refractivity contribution in [2.75, 3.05) is 26.9 Å². The molecular weight excluding hydrogens is 520 g/mol. The van der Waals surface area contributed by atoms with Crippen molar-refractivity contribution in [3.63, 3.8) is 0 Å². The van der Waals surface area contributed by atoms with Gasteiger partial charge in [0.15, 0.2) is 30.0 Å². The third-order valence-electron chi connectivity index (χ3n) is 5.47. The molecule has 1 aromatic carbocycles. The van der Waals surface area contributed by atoms with Gasteiger partial charge < -0.3 is 42.6 Å². The smallest absolute Gasteiger partial charge is 0.303 e. The average molecular weight is 553 g/mol. The van der Waals surface area contributed by atoms with Crippen molar-refractivity contribution < 1.29 is 61.8 Å². The maximum atomic E-state index is 12.0. The Hall–Kier alpha value is -3.68. The zero-order chi connectivity index (χ0) is 28.5. The van der Waals surface area contributed by atoms with Gasteiger partial charge in [-0.05, 0) is 23.8 Å². The summed E-state index contributed by atoms with van der Waals surface area (Å²) in [5.41, 5.74) is 0.750. The van der Waals surface area contributed by atoms with Crippen LogP contribution in [0.2, 0.25) is 0 Å². The van der Waals surface area contributed by atoms with Crippen molar-refractivity contribution >= 4 is 30.0 Å². The van der Waals surface area contributed by atoms with Crippen molar-refractivity contribution in [2.24, 2.45) is 0 Å². The zero-order valence-corrected chi connectivity index (χ0v) is 22.3. The Labute approximate surface area is 225 Å². The molecule has 0 N–H and O–H groups in total. The lowest BCUT2D eigenvalue weighted by molar-refractivity contribution is -0.288. The summed E-state index contributed by atoms with van der Waals surface area (Å²) in [4.78, 5) is 47.4. The summed E-state index contributed by atoms with van der Waals surface area (Å²) < 4.78 is 49.6. The molecule has 2 fully saturated rings. The van der Waals surface area contributed by atoms with Crippen LogP contribution >= 0.6 is 0 Å². The number of esters is 4. The molecule has 13 nitrogen and oxygen atoms in total. The van der Waals surface area contributed by atoms with Crippen LogP contribution in [-0.2, 0) is 52.3 Å². The Morgan fingerprint density at radius 2 is 1.46 bits per heavy atom. The molecule has 2 heterocycles. The molecule has 0 aromatic heterocycles. The van der Waals surface area contributed by atoms with E-state index in [1.807, 2.05) is 0 Å². The van der Waals surface area contributed by atoms with Crippen molar-refractivity contribution in [1.29, 1.82) is 0 Å². The van der Waals surface area contributed by atoms with E-state index in [9.17, 15) is 19.2 Å². The van der Waals surface area contributed by atoms with Gasteiger partial charge in [-0.2, -0.15) is 0 Å². The van der Waals surface area contributed by atoms with Gasteiger partial charge >= 0.3 is 23.9 Å². The lowest BCUT2D eigenvalue weighted by Gasteiger charge is -2.44. The van der Waals surface area contributed by atoms with E-state index < -0.39 is 60.9 Å². The SMILES string of the molecule is COc1cc(/C=C\C2OCCO2)ccc1O[C@@H]1O[C@H](COC(C)=O)[C@@H](OC(C)=O)[C@H](OC(C)=O)[C@H]1OC(C)=O. The number of carbonyl (C=O) groups excluding carboxylic acids is 4. The predicted octanol–water partition coefficient (Wildman–Crippen LogP) is 1.54. The fraction of sp³-hybridized carbons (Fsp3) is 0.538. The van der Waals surface area contributed by atoms with Crippen LogP contribution in [0.4, 0.5) is 0 Å². The van der Waals surface area contributed by atoms with Crippen molar-refractivity contribution in [3.05, 3.63) is 29.8 Å².